The zero-order valence-electron chi connectivity index (χ0n) is 11.2. The first-order valence-electron chi connectivity index (χ1n) is 6.95. The fourth-order valence-corrected chi connectivity index (χ4v) is 3.16. The van der Waals surface area contributed by atoms with Crippen LogP contribution in [0.3, 0.4) is 0 Å². The van der Waals surface area contributed by atoms with Crippen molar-refractivity contribution in [3.8, 4) is 0 Å². The van der Waals surface area contributed by atoms with Crippen LogP contribution in [0.5, 0.6) is 0 Å². The zero-order chi connectivity index (χ0) is 14.2. The molecule has 0 spiro atoms. The molecule has 0 aliphatic heterocycles. The Hall–Kier alpha value is -1.74. The van der Waals surface area contributed by atoms with Crippen molar-refractivity contribution in [1.29, 1.82) is 0 Å². The van der Waals surface area contributed by atoms with Crippen LogP contribution >= 0.6 is 0 Å². The predicted octanol–water partition coefficient (Wildman–Crippen LogP) is 3.89. The first kappa shape index (κ1) is 13.3. The highest BCUT2D eigenvalue weighted by Crippen LogP contribution is 2.38. The Kier molecular flexibility index (Phi) is 3.30. The third-order valence-electron chi connectivity index (χ3n) is 4.20. The fraction of sp³-hybridized carbons (Fsp3) is 0.294. The number of hydrogen-bond donors (Lipinski definition) is 1. The Morgan fingerprint density at radius 2 is 1.65 bits per heavy atom. The van der Waals surface area contributed by atoms with Crippen LogP contribution in [-0.2, 0) is 12.0 Å². The van der Waals surface area contributed by atoms with Crippen LogP contribution in [-0.4, -0.2) is 0 Å². The van der Waals surface area contributed by atoms with E-state index in [1.54, 1.807) is 6.07 Å². The Morgan fingerprint density at radius 3 is 2.50 bits per heavy atom. The maximum Gasteiger partial charge on any atom is 0.164 e. The lowest BCUT2D eigenvalue weighted by molar-refractivity contribution is 0.428. The summed E-state index contributed by atoms with van der Waals surface area (Å²) in [5.41, 5.74) is 7.92. The molecule has 0 fully saturated rings. The van der Waals surface area contributed by atoms with Crippen LogP contribution < -0.4 is 5.73 Å². The summed E-state index contributed by atoms with van der Waals surface area (Å²) in [4.78, 5) is 0. The molecule has 1 nitrogen and oxygen atoms in total. The molecule has 0 heterocycles. The largest absolute Gasteiger partial charge is 0.318 e. The number of aryl methyl sites for hydroxylation is 1. The monoisotopic (exact) mass is 273 g/mol. The highest BCUT2D eigenvalue weighted by atomic mass is 19.2. The Morgan fingerprint density at radius 1 is 0.900 bits per heavy atom. The van der Waals surface area contributed by atoms with Crippen LogP contribution in [0.15, 0.2) is 42.5 Å². The molecule has 0 radical (unpaired) electrons. The molecule has 0 amide bonds. The minimum absolute atomic E-state index is 0.256. The van der Waals surface area contributed by atoms with Crippen molar-refractivity contribution in [3.05, 3.63) is 70.8 Å². The lowest BCUT2D eigenvalue weighted by Crippen LogP contribution is -2.39. The number of hydrogen-bond acceptors (Lipinski definition) is 1. The second-order valence-electron chi connectivity index (χ2n) is 5.44. The molecule has 0 aromatic heterocycles. The predicted molar refractivity (Wildman–Crippen MR) is 75.3 cm³/mol. The second kappa shape index (κ2) is 4.98. The maximum absolute atomic E-state index is 14.2. The number of benzene rings is 2. The van der Waals surface area contributed by atoms with E-state index in [-0.39, 0.29) is 5.56 Å². The molecule has 3 heteroatoms. The summed E-state index contributed by atoms with van der Waals surface area (Å²) in [6, 6.07) is 12.1. The normalized spacial score (nSPS) is 22.1. The van der Waals surface area contributed by atoms with Crippen LogP contribution in [0.4, 0.5) is 8.78 Å². The number of nitrogens with two attached hydrogens (primary N) is 1. The van der Waals surface area contributed by atoms with Gasteiger partial charge in [0.1, 0.15) is 0 Å². The van der Waals surface area contributed by atoms with E-state index in [0.717, 1.165) is 36.5 Å². The molecule has 0 bridgehead atoms. The molecular formula is C17H17F2N. The van der Waals surface area contributed by atoms with E-state index in [9.17, 15) is 8.78 Å². The smallest absolute Gasteiger partial charge is 0.164 e. The Balaban J connectivity index is 2.22. The van der Waals surface area contributed by atoms with E-state index in [2.05, 4.69) is 0 Å². The highest BCUT2D eigenvalue weighted by Gasteiger charge is 2.35. The van der Waals surface area contributed by atoms with Gasteiger partial charge in [-0.05, 0) is 36.5 Å². The molecule has 0 saturated carbocycles. The van der Waals surface area contributed by atoms with Crippen LogP contribution in [0.25, 0.3) is 0 Å². The third-order valence-corrected chi connectivity index (χ3v) is 4.20. The average Bonchev–Trinajstić information content (AvgIpc) is 2.63. The number of halogens is 2. The number of rotatable bonds is 1. The van der Waals surface area contributed by atoms with E-state index >= 15 is 0 Å². The average molecular weight is 273 g/mol. The lowest BCUT2D eigenvalue weighted by atomic mass is 9.79. The minimum atomic E-state index is -0.945. The first-order valence-corrected chi connectivity index (χ1v) is 6.95. The quantitative estimate of drug-likeness (QED) is 0.784. The van der Waals surface area contributed by atoms with Gasteiger partial charge >= 0.3 is 0 Å². The van der Waals surface area contributed by atoms with Gasteiger partial charge in [0.2, 0.25) is 0 Å². The van der Waals surface area contributed by atoms with Gasteiger partial charge in [0.05, 0.1) is 5.54 Å². The van der Waals surface area contributed by atoms with Gasteiger partial charge in [0.15, 0.2) is 11.6 Å². The summed E-state index contributed by atoms with van der Waals surface area (Å²) in [5, 5.41) is 0. The van der Waals surface area contributed by atoms with Crippen molar-refractivity contribution in [1.82, 2.24) is 0 Å². The Bertz CT molecular complexity index is 639. The molecule has 0 saturated heterocycles. The summed E-state index contributed by atoms with van der Waals surface area (Å²) >= 11 is 0. The van der Waals surface area contributed by atoms with Gasteiger partial charge in [0.25, 0.3) is 0 Å². The summed E-state index contributed by atoms with van der Waals surface area (Å²) in [6.45, 7) is 0. The van der Waals surface area contributed by atoms with Crippen molar-refractivity contribution in [2.75, 3.05) is 0 Å². The SMILES string of the molecule is NC1(c2cccc(F)c2F)CCCCc2ccccc21. The van der Waals surface area contributed by atoms with Crippen molar-refractivity contribution in [2.45, 2.75) is 31.2 Å². The van der Waals surface area contributed by atoms with E-state index in [1.807, 2.05) is 24.3 Å². The van der Waals surface area contributed by atoms with Crippen molar-refractivity contribution < 1.29 is 8.78 Å². The van der Waals surface area contributed by atoms with Crippen LogP contribution in [0.2, 0.25) is 0 Å². The third kappa shape index (κ3) is 2.02. The maximum atomic E-state index is 14.2. The molecule has 2 N–H and O–H groups in total. The first-order chi connectivity index (χ1) is 9.63. The Labute approximate surface area is 117 Å². The summed E-state index contributed by atoms with van der Waals surface area (Å²) in [6.07, 6.45) is 3.49. The summed E-state index contributed by atoms with van der Waals surface area (Å²) < 4.78 is 27.8. The van der Waals surface area contributed by atoms with Crippen LogP contribution in [0, 0.1) is 11.6 Å². The van der Waals surface area contributed by atoms with Gasteiger partial charge in [-0.15, -0.1) is 0 Å². The van der Waals surface area contributed by atoms with Gasteiger partial charge in [-0.25, -0.2) is 8.78 Å². The molecular weight excluding hydrogens is 256 g/mol. The fourth-order valence-electron chi connectivity index (χ4n) is 3.16. The van der Waals surface area contributed by atoms with Crippen molar-refractivity contribution in [2.24, 2.45) is 5.73 Å². The standard InChI is InChI=1S/C17H17F2N/c18-15-10-5-9-14(16(15)19)17(20)11-4-3-7-12-6-1-2-8-13(12)17/h1-2,5-6,8-10H,3-4,7,11,20H2. The minimum Gasteiger partial charge on any atom is -0.318 e. The molecule has 2 aromatic rings. The summed E-state index contributed by atoms with van der Waals surface area (Å²) in [7, 11) is 0. The van der Waals surface area contributed by atoms with Gasteiger partial charge < -0.3 is 5.73 Å². The molecule has 3 rings (SSSR count). The van der Waals surface area contributed by atoms with Crippen molar-refractivity contribution in [3.63, 3.8) is 0 Å². The molecule has 1 aliphatic rings. The van der Waals surface area contributed by atoms with E-state index in [4.69, 9.17) is 5.73 Å². The molecule has 1 aliphatic carbocycles. The van der Waals surface area contributed by atoms with E-state index < -0.39 is 17.2 Å². The van der Waals surface area contributed by atoms with Gasteiger partial charge in [-0.1, -0.05) is 42.8 Å². The zero-order valence-corrected chi connectivity index (χ0v) is 11.2. The molecule has 2 aromatic carbocycles. The van der Waals surface area contributed by atoms with Crippen molar-refractivity contribution >= 4 is 0 Å². The lowest BCUT2D eigenvalue weighted by Gasteiger charge is -2.31. The van der Waals surface area contributed by atoms with Crippen LogP contribution in [0.1, 0.15) is 36.0 Å². The second-order valence-corrected chi connectivity index (χ2v) is 5.44. The number of fused-ring (bicyclic) bond motifs is 1. The van der Waals surface area contributed by atoms with E-state index in [0.29, 0.717) is 6.42 Å². The molecule has 1 unspecified atom stereocenters. The van der Waals surface area contributed by atoms with Gasteiger partial charge in [-0.2, -0.15) is 0 Å². The summed E-state index contributed by atoms with van der Waals surface area (Å²) in [5.74, 6) is -1.67. The molecule has 20 heavy (non-hydrogen) atoms. The van der Waals surface area contributed by atoms with E-state index in [1.165, 1.54) is 6.07 Å². The van der Waals surface area contributed by atoms with Gasteiger partial charge in [0, 0.05) is 5.56 Å². The molecule has 104 valence electrons. The highest BCUT2D eigenvalue weighted by molar-refractivity contribution is 5.44. The van der Waals surface area contributed by atoms with Gasteiger partial charge in [-0.3, -0.25) is 0 Å². The molecule has 1 atom stereocenters. The topological polar surface area (TPSA) is 26.0 Å².